The molecule has 0 saturated carbocycles. The Morgan fingerprint density at radius 1 is 0.526 bits per heavy atom. The maximum Gasteiger partial charge on any atom is 4.00 e. The minimum absolute atomic E-state index is 0. The molecule has 0 aromatic heterocycles. The maximum atomic E-state index is 2.42. The van der Waals surface area contributed by atoms with Crippen LogP contribution in [-0.2, 0) is 33.6 Å². The topological polar surface area (TPSA) is 0 Å². The van der Waals surface area contributed by atoms with Crippen molar-refractivity contribution in [2.24, 2.45) is 0 Å². The van der Waals surface area contributed by atoms with Gasteiger partial charge in [0.05, 0.1) is 0 Å². The zero-order chi connectivity index (χ0) is 23.5. The van der Waals surface area contributed by atoms with Gasteiger partial charge in [-0.15, -0.1) is 5.56 Å². The SMILES string of the molecule is Cc1cccc(C(c2cccc(C)c2)(c2cccc(C)c2)[c-]2ccc(Cc3ccccc3)c2)c1.[Cl-].[Cl-].[Cl-].[Ti+4]. The summed E-state index contributed by atoms with van der Waals surface area (Å²) in [7, 11) is 0. The summed E-state index contributed by atoms with van der Waals surface area (Å²) in [6.45, 7) is 6.56. The molecular weight excluding hydrogens is 563 g/mol. The predicted octanol–water partition coefficient (Wildman–Crippen LogP) is -0.686. The Balaban J connectivity index is 0.00000180. The van der Waals surface area contributed by atoms with Gasteiger partial charge >= 0.3 is 21.7 Å². The Morgan fingerprint density at radius 3 is 1.39 bits per heavy atom. The fraction of sp³-hybridized carbons (Fsp3) is 0.147. The first kappa shape index (κ1) is 33.8. The zero-order valence-electron chi connectivity index (χ0n) is 21.9. The van der Waals surface area contributed by atoms with Crippen molar-refractivity contribution in [1.29, 1.82) is 0 Å². The molecule has 38 heavy (non-hydrogen) atoms. The van der Waals surface area contributed by atoms with Crippen LogP contribution in [0.5, 0.6) is 0 Å². The first-order valence-corrected chi connectivity index (χ1v) is 12.1. The van der Waals surface area contributed by atoms with Gasteiger partial charge < -0.3 is 37.2 Å². The summed E-state index contributed by atoms with van der Waals surface area (Å²) in [6.07, 6.45) is 0.937. The fourth-order valence-electron chi connectivity index (χ4n) is 5.30. The molecule has 5 aromatic rings. The molecule has 0 atom stereocenters. The van der Waals surface area contributed by atoms with Gasteiger partial charge in [-0.1, -0.05) is 132 Å². The Bertz CT molecular complexity index is 1310. The minimum atomic E-state index is -0.390. The Kier molecular flexibility index (Phi) is 13.2. The molecule has 5 rings (SSSR count). The van der Waals surface area contributed by atoms with E-state index in [4.69, 9.17) is 0 Å². The molecular formula is C34H31Cl3Ti. The number of hydrogen-bond acceptors (Lipinski definition) is 0. The summed E-state index contributed by atoms with van der Waals surface area (Å²) < 4.78 is 0. The number of hydrogen-bond donors (Lipinski definition) is 0. The Labute approximate surface area is 261 Å². The van der Waals surface area contributed by atoms with Gasteiger partial charge in [0.2, 0.25) is 0 Å². The molecule has 0 bridgehead atoms. The van der Waals surface area contributed by atoms with Crippen molar-refractivity contribution < 1.29 is 58.9 Å². The van der Waals surface area contributed by atoms with Crippen molar-refractivity contribution in [3.05, 3.63) is 171 Å². The van der Waals surface area contributed by atoms with Crippen molar-refractivity contribution in [1.82, 2.24) is 0 Å². The number of rotatable bonds is 6. The summed E-state index contributed by atoms with van der Waals surface area (Å²) in [5.41, 5.74) is 11.4. The largest absolute Gasteiger partial charge is 4.00 e. The molecule has 4 heteroatoms. The summed E-state index contributed by atoms with van der Waals surface area (Å²) in [5.74, 6) is 0. The van der Waals surface area contributed by atoms with Crippen LogP contribution in [0, 0.1) is 20.8 Å². The molecule has 0 nitrogen and oxygen atoms in total. The third kappa shape index (κ3) is 6.87. The molecule has 0 unspecified atom stereocenters. The standard InChI is InChI=1S/C34H31.3ClH.Ti/c1-25-10-7-15-30(20-25)34(31-16-8-11-26(2)21-31,32-17-9-12-27(3)22-32)33-19-18-29(24-33)23-28-13-5-4-6-14-28;;;;/h4-22,24H,23H2,1-3H3;3*1H;/q-1;;;;+4/p-3. The van der Waals surface area contributed by atoms with E-state index in [1.54, 1.807) is 0 Å². The van der Waals surface area contributed by atoms with Crippen molar-refractivity contribution >= 4 is 0 Å². The summed E-state index contributed by atoms with van der Waals surface area (Å²) in [5, 5.41) is 0. The van der Waals surface area contributed by atoms with E-state index in [2.05, 4.69) is 142 Å². The van der Waals surface area contributed by atoms with Gasteiger partial charge in [0.25, 0.3) is 0 Å². The molecule has 0 spiro atoms. The first-order valence-electron chi connectivity index (χ1n) is 12.1. The molecule has 0 fully saturated rings. The van der Waals surface area contributed by atoms with Gasteiger partial charge in [-0.25, -0.2) is 6.07 Å². The van der Waals surface area contributed by atoms with E-state index >= 15 is 0 Å². The van der Waals surface area contributed by atoms with Gasteiger partial charge in [-0.2, -0.15) is 17.7 Å². The summed E-state index contributed by atoms with van der Waals surface area (Å²) in [4.78, 5) is 0. The predicted molar refractivity (Wildman–Crippen MR) is 144 cm³/mol. The molecule has 0 aliphatic heterocycles. The van der Waals surface area contributed by atoms with E-state index in [-0.39, 0.29) is 64.4 Å². The van der Waals surface area contributed by atoms with Gasteiger partial charge in [0.15, 0.2) is 0 Å². The average molecular weight is 594 g/mol. The number of aryl methyl sites for hydroxylation is 3. The molecule has 0 aliphatic rings. The normalized spacial score (nSPS) is 10.3. The quantitative estimate of drug-likeness (QED) is 0.139. The molecule has 5 aromatic carbocycles. The second-order valence-corrected chi connectivity index (χ2v) is 9.53. The Morgan fingerprint density at radius 2 is 0.974 bits per heavy atom. The van der Waals surface area contributed by atoms with Crippen molar-refractivity contribution in [2.75, 3.05) is 0 Å². The summed E-state index contributed by atoms with van der Waals surface area (Å²) >= 11 is 0. The van der Waals surface area contributed by atoms with E-state index < -0.39 is 0 Å². The number of benzene rings is 4. The van der Waals surface area contributed by atoms with Crippen molar-refractivity contribution in [2.45, 2.75) is 32.6 Å². The second kappa shape index (κ2) is 14.8. The smallest absolute Gasteiger partial charge is 1.00 e. The molecule has 0 aliphatic carbocycles. The van der Waals surface area contributed by atoms with Crippen LogP contribution in [0.15, 0.2) is 121 Å². The molecule has 0 radical (unpaired) electrons. The molecule has 192 valence electrons. The van der Waals surface area contributed by atoms with Gasteiger partial charge in [-0.3, -0.25) is 0 Å². The second-order valence-electron chi connectivity index (χ2n) is 9.53. The van der Waals surface area contributed by atoms with Crippen LogP contribution in [0.4, 0.5) is 0 Å². The van der Waals surface area contributed by atoms with Crippen LogP contribution in [0.3, 0.4) is 0 Å². The monoisotopic (exact) mass is 592 g/mol. The van der Waals surface area contributed by atoms with Crippen molar-refractivity contribution in [3.8, 4) is 0 Å². The van der Waals surface area contributed by atoms with Gasteiger partial charge in [0.1, 0.15) is 0 Å². The van der Waals surface area contributed by atoms with Crippen molar-refractivity contribution in [3.63, 3.8) is 0 Å². The van der Waals surface area contributed by atoms with Crippen LogP contribution < -0.4 is 37.2 Å². The van der Waals surface area contributed by atoms with E-state index in [9.17, 15) is 0 Å². The minimum Gasteiger partial charge on any atom is -1.00 e. The zero-order valence-corrected chi connectivity index (χ0v) is 25.7. The average Bonchev–Trinajstić information content (AvgIpc) is 3.29. The summed E-state index contributed by atoms with van der Waals surface area (Å²) in [6, 6.07) is 44.9. The fourth-order valence-corrected chi connectivity index (χ4v) is 5.30. The van der Waals surface area contributed by atoms with E-state index in [1.165, 1.54) is 50.1 Å². The van der Waals surface area contributed by atoms with Crippen LogP contribution >= 0.6 is 0 Å². The third-order valence-corrected chi connectivity index (χ3v) is 6.86. The van der Waals surface area contributed by atoms with E-state index in [1.807, 2.05) is 0 Å². The van der Waals surface area contributed by atoms with Gasteiger partial charge in [-0.05, 0) is 37.5 Å². The first-order chi connectivity index (χ1) is 16.6. The van der Waals surface area contributed by atoms with Crippen LogP contribution in [0.25, 0.3) is 0 Å². The van der Waals surface area contributed by atoms with Crippen LogP contribution in [0.2, 0.25) is 0 Å². The Hall–Kier alpha value is -2.19. The number of halogens is 3. The maximum absolute atomic E-state index is 2.42. The molecule has 0 saturated heterocycles. The molecule has 0 N–H and O–H groups in total. The van der Waals surface area contributed by atoms with Crippen LogP contribution in [0.1, 0.15) is 50.1 Å². The van der Waals surface area contributed by atoms with Crippen LogP contribution in [-0.4, -0.2) is 0 Å². The van der Waals surface area contributed by atoms with E-state index in [0.29, 0.717) is 0 Å². The van der Waals surface area contributed by atoms with E-state index in [0.717, 1.165) is 6.42 Å². The molecule has 0 amide bonds. The van der Waals surface area contributed by atoms with Gasteiger partial charge in [0, 0.05) is 5.41 Å². The third-order valence-electron chi connectivity index (χ3n) is 6.86. The molecule has 0 heterocycles.